The van der Waals surface area contributed by atoms with Gasteiger partial charge in [0.1, 0.15) is 17.2 Å². The molecular weight excluding hydrogens is 473 g/mol. The van der Waals surface area contributed by atoms with E-state index in [0.717, 1.165) is 29.7 Å². The van der Waals surface area contributed by atoms with E-state index in [0.29, 0.717) is 45.2 Å². The standard InChI is InChI=1S/C26H19Cl2N3O3/c27-19-7-3-16(4-8-19)22-11-12-25(31-30-22)29-26(32)17-5-9-20(10-6-17)34-24-15-23-18(14-21(24)28)2-1-13-33-23/h3-12,14-15H,1-2,13H2,(H,29,31,32). The highest BCUT2D eigenvalue weighted by molar-refractivity contribution is 6.32. The van der Waals surface area contributed by atoms with Gasteiger partial charge in [-0.3, -0.25) is 4.79 Å². The van der Waals surface area contributed by atoms with Crippen LogP contribution in [0.2, 0.25) is 10.0 Å². The van der Waals surface area contributed by atoms with Crippen molar-refractivity contribution in [2.75, 3.05) is 11.9 Å². The molecule has 6 nitrogen and oxygen atoms in total. The quantitative estimate of drug-likeness (QED) is 0.331. The first-order valence-corrected chi connectivity index (χ1v) is 11.4. The molecule has 0 radical (unpaired) electrons. The molecule has 1 amide bonds. The van der Waals surface area contributed by atoms with Crippen LogP contribution in [-0.2, 0) is 6.42 Å². The van der Waals surface area contributed by atoms with E-state index in [1.165, 1.54) is 0 Å². The van der Waals surface area contributed by atoms with Crippen LogP contribution in [-0.4, -0.2) is 22.7 Å². The number of carbonyl (C=O) groups excluding carboxylic acids is 1. The highest BCUT2D eigenvalue weighted by atomic mass is 35.5. The minimum atomic E-state index is -0.305. The summed E-state index contributed by atoms with van der Waals surface area (Å²) in [4.78, 5) is 12.6. The number of hydrogen-bond acceptors (Lipinski definition) is 5. The molecule has 0 saturated heterocycles. The van der Waals surface area contributed by atoms with Gasteiger partial charge in [0.05, 0.1) is 17.3 Å². The van der Waals surface area contributed by atoms with Gasteiger partial charge in [0.25, 0.3) is 5.91 Å². The van der Waals surface area contributed by atoms with Gasteiger partial charge >= 0.3 is 0 Å². The molecular formula is C26H19Cl2N3O3. The topological polar surface area (TPSA) is 73.3 Å². The number of anilines is 1. The number of aromatic nitrogens is 2. The van der Waals surface area contributed by atoms with Gasteiger partial charge in [-0.2, -0.15) is 0 Å². The molecule has 5 rings (SSSR count). The molecule has 0 aliphatic carbocycles. The average molecular weight is 492 g/mol. The van der Waals surface area contributed by atoms with Crippen molar-refractivity contribution in [1.29, 1.82) is 0 Å². The van der Waals surface area contributed by atoms with E-state index in [4.69, 9.17) is 32.7 Å². The second kappa shape index (κ2) is 9.71. The fraction of sp³-hybridized carbons (Fsp3) is 0.115. The Morgan fingerprint density at radius 1 is 0.941 bits per heavy atom. The van der Waals surface area contributed by atoms with Gasteiger partial charge in [0.15, 0.2) is 5.82 Å². The van der Waals surface area contributed by atoms with Gasteiger partial charge in [0, 0.05) is 22.2 Å². The number of nitrogens with one attached hydrogen (secondary N) is 1. The van der Waals surface area contributed by atoms with Gasteiger partial charge in [-0.15, -0.1) is 10.2 Å². The van der Waals surface area contributed by atoms with Crippen LogP contribution in [0.3, 0.4) is 0 Å². The molecule has 4 aromatic rings. The minimum absolute atomic E-state index is 0.305. The van der Waals surface area contributed by atoms with Crippen LogP contribution in [0.4, 0.5) is 5.82 Å². The SMILES string of the molecule is O=C(Nc1ccc(-c2ccc(Cl)cc2)nn1)c1ccc(Oc2cc3c(cc2Cl)CCCO3)cc1. The van der Waals surface area contributed by atoms with Crippen molar-refractivity contribution in [3.63, 3.8) is 0 Å². The first-order chi connectivity index (χ1) is 16.5. The van der Waals surface area contributed by atoms with Crippen molar-refractivity contribution < 1.29 is 14.3 Å². The lowest BCUT2D eigenvalue weighted by atomic mass is 10.1. The van der Waals surface area contributed by atoms with E-state index in [1.54, 1.807) is 48.5 Å². The summed E-state index contributed by atoms with van der Waals surface area (Å²) in [5.74, 6) is 1.91. The number of amides is 1. The van der Waals surface area contributed by atoms with Crippen molar-refractivity contribution in [2.24, 2.45) is 0 Å². The van der Waals surface area contributed by atoms with Crippen LogP contribution >= 0.6 is 23.2 Å². The summed E-state index contributed by atoms with van der Waals surface area (Å²) in [6.45, 7) is 0.687. The second-order valence-corrected chi connectivity index (χ2v) is 8.58. The average Bonchev–Trinajstić information content (AvgIpc) is 2.86. The fourth-order valence-corrected chi connectivity index (χ4v) is 3.94. The Morgan fingerprint density at radius 2 is 1.74 bits per heavy atom. The maximum absolute atomic E-state index is 12.6. The van der Waals surface area contributed by atoms with Gasteiger partial charge in [-0.25, -0.2) is 0 Å². The first kappa shape index (κ1) is 22.2. The van der Waals surface area contributed by atoms with E-state index < -0.39 is 0 Å². The monoisotopic (exact) mass is 491 g/mol. The molecule has 0 bridgehead atoms. The normalized spacial score (nSPS) is 12.4. The summed E-state index contributed by atoms with van der Waals surface area (Å²) < 4.78 is 11.6. The number of nitrogens with zero attached hydrogens (tertiary/aromatic N) is 2. The molecule has 0 fully saturated rings. The third-order valence-corrected chi connectivity index (χ3v) is 5.90. The zero-order valence-corrected chi connectivity index (χ0v) is 19.4. The summed E-state index contributed by atoms with van der Waals surface area (Å²) in [5.41, 5.74) is 3.11. The number of ether oxygens (including phenoxy) is 2. The molecule has 170 valence electrons. The summed E-state index contributed by atoms with van der Waals surface area (Å²) in [5, 5.41) is 12.2. The Bertz CT molecular complexity index is 1330. The van der Waals surface area contributed by atoms with E-state index in [2.05, 4.69) is 15.5 Å². The Morgan fingerprint density at radius 3 is 2.47 bits per heavy atom. The second-order valence-electron chi connectivity index (χ2n) is 7.73. The highest BCUT2D eigenvalue weighted by Gasteiger charge is 2.15. The van der Waals surface area contributed by atoms with Crippen molar-refractivity contribution in [1.82, 2.24) is 10.2 Å². The number of rotatable bonds is 5. The lowest BCUT2D eigenvalue weighted by Crippen LogP contribution is -2.13. The molecule has 1 aromatic heterocycles. The molecule has 0 spiro atoms. The maximum Gasteiger partial charge on any atom is 0.256 e. The molecule has 0 atom stereocenters. The number of aryl methyl sites for hydroxylation is 1. The van der Waals surface area contributed by atoms with Gasteiger partial charge in [-0.05, 0) is 73.0 Å². The summed E-state index contributed by atoms with van der Waals surface area (Å²) in [6.07, 6.45) is 1.92. The Hall–Kier alpha value is -3.61. The number of fused-ring (bicyclic) bond motifs is 1. The van der Waals surface area contributed by atoms with Gasteiger partial charge in [-0.1, -0.05) is 35.3 Å². The third kappa shape index (κ3) is 4.98. The fourth-order valence-electron chi connectivity index (χ4n) is 3.59. The van der Waals surface area contributed by atoms with Gasteiger partial charge in [0.2, 0.25) is 0 Å². The number of halogens is 2. The largest absolute Gasteiger partial charge is 0.493 e. The molecule has 8 heteroatoms. The van der Waals surface area contributed by atoms with Crippen LogP contribution in [0.25, 0.3) is 11.3 Å². The smallest absolute Gasteiger partial charge is 0.256 e. The molecule has 1 aliphatic rings. The Balaban J connectivity index is 1.24. The van der Waals surface area contributed by atoms with Crippen LogP contribution in [0, 0.1) is 0 Å². The molecule has 1 N–H and O–H groups in total. The number of hydrogen-bond donors (Lipinski definition) is 1. The minimum Gasteiger partial charge on any atom is -0.493 e. The number of benzene rings is 3. The first-order valence-electron chi connectivity index (χ1n) is 10.7. The molecule has 0 saturated carbocycles. The van der Waals surface area contributed by atoms with Crippen molar-refractivity contribution >= 4 is 34.9 Å². The lowest BCUT2D eigenvalue weighted by Gasteiger charge is -2.19. The van der Waals surface area contributed by atoms with Crippen molar-refractivity contribution in [2.45, 2.75) is 12.8 Å². The van der Waals surface area contributed by atoms with E-state index in [1.807, 2.05) is 24.3 Å². The van der Waals surface area contributed by atoms with E-state index >= 15 is 0 Å². The molecule has 0 unspecified atom stereocenters. The molecule has 2 heterocycles. The zero-order valence-electron chi connectivity index (χ0n) is 17.9. The third-order valence-electron chi connectivity index (χ3n) is 5.35. The summed E-state index contributed by atoms with van der Waals surface area (Å²) in [7, 11) is 0. The van der Waals surface area contributed by atoms with Crippen LogP contribution in [0.15, 0.2) is 72.8 Å². The van der Waals surface area contributed by atoms with E-state index in [-0.39, 0.29) is 5.91 Å². The molecule has 34 heavy (non-hydrogen) atoms. The lowest BCUT2D eigenvalue weighted by molar-refractivity contribution is 0.102. The van der Waals surface area contributed by atoms with Crippen molar-refractivity contribution in [3.8, 4) is 28.5 Å². The molecule has 3 aromatic carbocycles. The summed E-state index contributed by atoms with van der Waals surface area (Å²) >= 11 is 12.3. The Kier molecular flexibility index (Phi) is 6.34. The highest BCUT2D eigenvalue weighted by Crippen LogP contribution is 2.37. The van der Waals surface area contributed by atoms with Crippen LogP contribution in [0.1, 0.15) is 22.3 Å². The maximum atomic E-state index is 12.6. The van der Waals surface area contributed by atoms with Crippen LogP contribution < -0.4 is 14.8 Å². The zero-order chi connectivity index (χ0) is 23.5. The van der Waals surface area contributed by atoms with Crippen molar-refractivity contribution in [3.05, 3.63) is 94.0 Å². The number of carbonyl (C=O) groups is 1. The molecule has 1 aliphatic heterocycles. The Labute approximate surface area is 206 Å². The van der Waals surface area contributed by atoms with Gasteiger partial charge < -0.3 is 14.8 Å². The summed E-state index contributed by atoms with van der Waals surface area (Å²) in [6, 6.07) is 21.2. The predicted molar refractivity (Wildman–Crippen MR) is 132 cm³/mol. The van der Waals surface area contributed by atoms with E-state index in [9.17, 15) is 4.79 Å². The van der Waals surface area contributed by atoms with Crippen LogP contribution in [0.5, 0.6) is 17.2 Å². The predicted octanol–water partition coefficient (Wildman–Crippen LogP) is 6.82.